The molecule has 4 aromatic rings. The van der Waals surface area contributed by atoms with Gasteiger partial charge in [-0.2, -0.15) is 0 Å². The van der Waals surface area contributed by atoms with Crippen molar-refractivity contribution in [1.82, 2.24) is 9.97 Å². The number of aromatic nitrogens is 2. The zero-order valence-corrected chi connectivity index (χ0v) is 15.2. The highest BCUT2D eigenvalue weighted by Crippen LogP contribution is 2.44. The molecule has 0 amide bonds. The SMILES string of the molecule is Cc1cc2c(N[C@@H]3C[C@H]3c3ccc(F)c(F)c3)nc(-c3ccco3)nc2s1. The first-order valence-electron chi connectivity index (χ1n) is 8.62. The molecule has 4 nitrogen and oxygen atoms in total. The van der Waals surface area contributed by atoms with E-state index in [1.807, 2.05) is 13.0 Å². The number of fused-ring (bicyclic) bond motifs is 1. The van der Waals surface area contributed by atoms with Crippen LogP contribution >= 0.6 is 11.3 Å². The minimum Gasteiger partial charge on any atom is -0.461 e. The molecule has 1 aromatic carbocycles. The molecule has 1 N–H and O–H groups in total. The number of rotatable bonds is 4. The number of thiophene rings is 1. The normalized spacial score (nSPS) is 18.8. The van der Waals surface area contributed by atoms with Gasteiger partial charge in [-0.1, -0.05) is 6.07 Å². The molecule has 2 atom stereocenters. The Balaban J connectivity index is 1.47. The summed E-state index contributed by atoms with van der Waals surface area (Å²) in [7, 11) is 0. The maximum atomic E-state index is 13.5. The predicted octanol–water partition coefficient (Wildman–Crippen LogP) is 5.51. The quantitative estimate of drug-likeness (QED) is 0.505. The van der Waals surface area contributed by atoms with E-state index in [-0.39, 0.29) is 12.0 Å². The molecule has 3 aromatic heterocycles. The predicted molar refractivity (Wildman–Crippen MR) is 101 cm³/mol. The summed E-state index contributed by atoms with van der Waals surface area (Å²) >= 11 is 1.60. The number of anilines is 1. The smallest absolute Gasteiger partial charge is 0.199 e. The molecule has 0 spiro atoms. The van der Waals surface area contributed by atoms with Gasteiger partial charge in [0.1, 0.15) is 10.6 Å². The van der Waals surface area contributed by atoms with E-state index in [1.54, 1.807) is 29.7 Å². The number of halogens is 2. The third-order valence-corrected chi connectivity index (χ3v) is 5.69. The fourth-order valence-electron chi connectivity index (χ4n) is 3.31. The highest BCUT2D eigenvalue weighted by Gasteiger charge is 2.39. The average Bonchev–Trinajstić information content (AvgIpc) is 3.05. The van der Waals surface area contributed by atoms with Crippen LogP contribution in [0.3, 0.4) is 0 Å². The summed E-state index contributed by atoms with van der Waals surface area (Å²) in [5, 5.41) is 4.42. The lowest BCUT2D eigenvalue weighted by atomic mass is 10.1. The number of nitrogens with zero attached hydrogens (tertiary/aromatic N) is 2. The third kappa shape index (κ3) is 2.98. The number of aryl methyl sites for hydroxylation is 1. The van der Waals surface area contributed by atoms with E-state index in [1.165, 1.54) is 12.1 Å². The van der Waals surface area contributed by atoms with Crippen molar-refractivity contribution in [1.29, 1.82) is 0 Å². The van der Waals surface area contributed by atoms with Gasteiger partial charge in [-0.05, 0) is 49.2 Å². The van der Waals surface area contributed by atoms with Crippen LogP contribution in [-0.2, 0) is 0 Å². The average molecular weight is 383 g/mol. The van der Waals surface area contributed by atoms with Crippen molar-refractivity contribution in [3.8, 4) is 11.6 Å². The highest BCUT2D eigenvalue weighted by atomic mass is 32.1. The topological polar surface area (TPSA) is 51.0 Å². The van der Waals surface area contributed by atoms with E-state index >= 15 is 0 Å². The van der Waals surface area contributed by atoms with Crippen LogP contribution in [0.4, 0.5) is 14.6 Å². The maximum absolute atomic E-state index is 13.5. The van der Waals surface area contributed by atoms with Gasteiger partial charge in [-0.3, -0.25) is 0 Å². The van der Waals surface area contributed by atoms with Crippen molar-refractivity contribution in [2.45, 2.75) is 25.3 Å². The minimum absolute atomic E-state index is 0.123. The second-order valence-electron chi connectivity index (χ2n) is 6.72. The van der Waals surface area contributed by atoms with Crippen molar-refractivity contribution in [3.63, 3.8) is 0 Å². The second kappa shape index (κ2) is 6.13. The second-order valence-corrected chi connectivity index (χ2v) is 7.95. The largest absolute Gasteiger partial charge is 0.461 e. The fraction of sp³-hybridized carbons (Fsp3) is 0.200. The van der Waals surface area contributed by atoms with E-state index in [0.717, 1.165) is 32.9 Å². The Kier molecular flexibility index (Phi) is 3.72. The van der Waals surface area contributed by atoms with Crippen LogP contribution < -0.4 is 5.32 Å². The Bertz CT molecular complexity index is 1140. The first kappa shape index (κ1) is 16.4. The van der Waals surface area contributed by atoms with Crippen LogP contribution in [0, 0.1) is 18.6 Å². The van der Waals surface area contributed by atoms with Crippen LogP contribution in [0.1, 0.15) is 22.8 Å². The van der Waals surface area contributed by atoms with E-state index in [4.69, 9.17) is 4.42 Å². The molecule has 136 valence electrons. The van der Waals surface area contributed by atoms with Gasteiger partial charge in [-0.15, -0.1) is 11.3 Å². The molecule has 5 rings (SSSR count). The Morgan fingerprint density at radius 1 is 1.15 bits per heavy atom. The summed E-state index contributed by atoms with van der Waals surface area (Å²) in [4.78, 5) is 11.3. The van der Waals surface area contributed by atoms with Crippen molar-refractivity contribution < 1.29 is 13.2 Å². The molecule has 0 bridgehead atoms. The molecule has 7 heteroatoms. The molecular weight excluding hydrogens is 368 g/mol. The molecular formula is C20H15F2N3OS. The highest BCUT2D eigenvalue weighted by molar-refractivity contribution is 7.18. The first-order chi connectivity index (χ1) is 13.1. The Hall–Kier alpha value is -2.80. The lowest BCUT2D eigenvalue weighted by molar-refractivity contribution is 0.507. The summed E-state index contributed by atoms with van der Waals surface area (Å²) in [6, 6.07) is 9.91. The maximum Gasteiger partial charge on any atom is 0.199 e. The molecule has 0 aliphatic heterocycles. The van der Waals surface area contributed by atoms with Crippen molar-refractivity contribution in [2.24, 2.45) is 0 Å². The third-order valence-electron chi connectivity index (χ3n) is 4.74. The summed E-state index contributed by atoms with van der Waals surface area (Å²) in [5.41, 5.74) is 0.796. The van der Waals surface area contributed by atoms with E-state index < -0.39 is 11.6 Å². The standard InChI is InChI=1S/C20H15F2N3OS/c1-10-7-13-18(24-19(25-20(13)27-10)17-3-2-6-26-17)23-16-9-12(16)11-4-5-14(21)15(22)8-11/h2-8,12,16H,9H2,1H3,(H,23,24,25)/t12-,16+/m0/s1. The Labute approximate surface area is 157 Å². The van der Waals surface area contributed by atoms with Crippen molar-refractivity contribution in [3.05, 3.63) is 64.7 Å². The number of hydrogen-bond acceptors (Lipinski definition) is 5. The number of furan rings is 1. The van der Waals surface area contributed by atoms with Crippen LogP contribution in [-0.4, -0.2) is 16.0 Å². The van der Waals surface area contributed by atoms with Gasteiger partial charge in [0.05, 0.1) is 11.6 Å². The summed E-state index contributed by atoms with van der Waals surface area (Å²) < 4.78 is 32.1. The van der Waals surface area contributed by atoms with Gasteiger partial charge < -0.3 is 9.73 Å². The molecule has 0 radical (unpaired) electrons. The molecule has 1 fully saturated rings. The molecule has 0 saturated heterocycles. The number of hydrogen-bond donors (Lipinski definition) is 1. The van der Waals surface area contributed by atoms with Gasteiger partial charge in [0.25, 0.3) is 0 Å². The van der Waals surface area contributed by atoms with E-state index in [2.05, 4.69) is 21.4 Å². The van der Waals surface area contributed by atoms with Crippen molar-refractivity contribution >= 4 is 27.4 Å². The van der Waals surface area contributed by atoms with Crippen molar-refractivity contribution in [2.75, 3.05) is 5.32 Å². The molecule has 27 heavy (non-hydrogen) atoms. The fourth-order valence-corrected chi connectivity index (χ4v) is 4.19. The van der Waals surface area contributed by atoms with Gasteiger partial charge in [0.2, 0.25) is 0 Å². The zero-order valence-electron chi connectivity index (χ0n) is 14.4. The zero-order chi connectivity index (χ0) is 18.5. The summed E-state index contributed by atoms with van der Waals surface area (Å²) in [6.07, 6.45) is 2.44. The molecule has 1 aliphatic rings. The number of benzene rings is 1. The molecule has 1 saturated carbocycles. The lowest BCUT2D eigenvalue weighted by Crippen LogP contribution is -2.07. The van der Waals surface area contributed by atoms with Crippen LogP contribution in [0.2, 0.25) is 0 Å². The Morgan fingerprint density at radius 2 is 2.04 bits per heavy atom. The molecule has 0 unspecified atom stereocenters. The van der Waals surface area contributed by atoms with E-state index in [0.29, 0.717) is 11.6 Å². The van der Waals surface area contributed by atoms with Gasteiger partial charge in [0.15, 0.2) is 23.2 Å². The van der Waals surface area contributed by atoms with E-state index in [9.17, 15) is 8.78 Å². The first-order valence-corrected chi connectivity index (χ1v) is 9.43. The lowest BCUT2D eigenvalue weighted by Gasteiger charge is -2.08. The molecule has 3 heterocycles. The van der Waals surface area contributed by atoms with Crippen LogP contribution in [0.5, 0.6) is 0 Å². The number of nitrogens with one attached hydrogen (secondary N) is 1. The summed E-state index contributed by atoms with van der Waals surface area (Å²) in [5.74, 6) is 0.387. The molecule has 1 aliphatic carbocycles. The van der Waals surface area contributed by atoms with Gasteiger partial charge >= 0.3 is 0 Å². The van der Waals surface area contributed by atoms with Gasteiger partial charge in [-0.25, -0.2) is 18.7 Å². The van der Waals surface area contributed by atoms with Crippen LogP contribution in [0.25, 0.3) is 21.8 Å². The van der Waals surface area contributed by atoms with Gasteiger partial charge in [0, 0.05) is 16.8 Å². The monoisotopic (exact) mass is 383 g/mol. The minimum atomic E-state index is -0.821. The Morgan fingerprint density at radius 3 is 2.81 bits per heavy atom. The summed E-state index contributed by atoms with van der Waals surface area (Å²) in [6.45, 7) is 2.03. The van der Waals surface area contributed by atoms with Crippen LogP contribution in [0.15, 0.2) is 47.1 Å².